The minimum atomic E-state index is -1.06. The first-order valence-electron chi connectivity index (χ1n) is 7.08. The highest BCUT2D eigenvalue weighted by molar-refractivity contribution is 5.85. The Morgan fingerprint density at radius 2 is 2.05 bits per heavy atom. The Morgan fingerprint density at radius 3 is 2.62 bits per heavy atom. The number of phenols is 1. The van der Waals surface area contributed by atoms with E-state index in [1.165, 1.54) is 12.1 Å². The Hall–Kier alpha value is -2.08. The van der Waals surface area contributed by atoms with Crippen LogP contribution in [-0.4, -0.2) is 41.2 Å². The number of hydrogen-bond donors (Lipinski definition) is 4. The summed E-state index contributed by atoms with van der Waals surface area (Å²) in [7, 11) is 0. The summed E-state index contributed by atoms with van der Waals surface area (Å²) in [5.74, 6) is -1.31. The standard InChI is InChI=1S/C15H20N2O4/c18-12-5-3-10(4-6-12)8-13(15(20)21)17-14(19)11-2-1-7-16-9-11/h3-6,11,13,16,18H,1-2,7-9H2,(H,17,19)(H,20,21)/t11-,13?/m1/s1. The maximum atomic E-state index is 12.1. The fourth-order valence-corrected chi connectivity index (χ4v) is 2.43. The third kappa shape index (κ3) is 4.46. The Balaban J connectivity index is 1.96. The van der Waals surface area contributed by atoms with Crippen molar-refractivity contribution in [3.8, 4) is 5.75 Å². The highest BCUT2D eigenvalue weighted by Gasteiger charge is 2.26. The minimum absolute atomic E-state index is 0.128. The lowest BCUT2D eigenvalue weighted by atomic mass is 9.97. The second-order valence-electron chi connectivity index (χ2n) is 5.31. The van der Waals surface area contributed by atoms with Crippen molar-refractivity contribution in [1.29, 1.82) is 0 Å². The van der Waals surface area contributed by atoms with Gasteiger partial charge in [-0.15, -0.1) is 0 Å². The zero-order valence-corrected chi connectivity index (χ0v) is 11.7. The Bertz CT molecular complexity index is 495. The van der Waals surface area contributed by atoms with Gasteiger partial charge in [0.2, 0.25) is 5.91 Å². The normalized spacial score (nSPS) is 19.7. The lowest BCUT2D eigenvalue weighted by Crippen LogP contribution is -2.48. The molecule has 1 heterocycles. The molecule has 21 heavy (non-hydrogen) atoms. The molecule has 0 aromatic heterocycles. The summed E-state index contributed by atoms with van der Waals surface area (Å²) in [5, 5.41) is 24.2. The van der Waals surface area contributed by atoms with E-state index in [1.807, 2.05) is 0 Å². The summed E-state index contributed by atoms with van der Waals surface area (Å²) in [6, 6.07) is 5.35. The van der Waals surface area contributed by atoms with Crippen molar-refractivity contribution in [3.05, 3.63) is 29.8 Å². The minimum Gasteiger partial charge on any atom is -0.508 e. The monoisotopic (exact) mass is 292 g/mol. The van der Waals surface area contributed by atoms with Crippen molar-refractivity contribution in [1.82, 2.24) is 10.6 Å². The van der Waals surface area contributed by atoms with Gasteiger partial charge in [0.05, 0.1) is 5.92 Å². The zero-order valence-electron chi connectivity index (χ0n) is 11.7. The van der Waals surface area contributed by atoms with Crippen LogP contribution >= 0.6 is 0 Å². The van der Waals surface area contributed by atoms with Crippen molar-refractivity contribution in [2.75, 3.05) is 13.1 Å². The summed E-state index contributed by atoms with van der Waals surface area (Å²) in [4.78, 5) is 23.4. The summed E-state index contributed by atoms with van der Waals surface area (Å²) in [6.45, 7) is 1.50. The summed E-state index contributed by atoms with van der Waals surface area (Å²) in [5.41, 5.74) is 0.752. The van der Waals surface area contributed by atoms with Crippen LogP contribution in [-0.2, 0) is 16.0 Å². The fraction of sp³-hybridized carbons (Fsp3) is 0.467. The van der Waals surface area contributed by atoms with Crippen LogP contribution in [0.25, 0.3) is 0 Å². The van der Waals surface area contributed by atoms with E-state index in [1.54, 1.807) is 12.1 Å². The van der Waals surface area contributed by atoms with Crippen LogP contribution in [0.3, 0.4) is 0 Å². The zero-order chi connectivity index (χ0) is 15.2. The van der Waals surface area contributed by atoms with Crippen molar-refractivity contribution in [3.63, 3.8) is 0 Å². The van der Waals surface area contributed by atoms with Crippen LogP contribution in [0.15, 0.2) is 24.3 Å². The SMILES string of the molecule is O=C(O)C(Cc1ccc(O)cc1)NC(=O)[C@@H]1CCCNC1. The Morgan fingerprint density at radius 1 is 1.33 bits per heavy atom. The second kappa shape index (κ2) is 7.08. The van der Waals surface area contributed by atoms with Gasteiger partial charge in [-0.1, -0.05) is 12.1 Å². The molecule has 0 radical (unpaired) electrons. The highest BCUT2D eigenvalue weighted by Crippen LogP contribution is 2.13. The fourth-order valence-electron chi connectivity index (χ4n) is 2.43. The van der Waals surface area contributed by atoms with Gasteiger partial charge in [0.25, 0.3) is 0 Å². The predicted octanol–water partition coefficient (Wildman–Crippen LogP) is 0.504. The van der Waals surface area contributed by atoms with Gasteiger partial charge in [-0.05, 0) is 37.1 Å². The van der Waals surface area contributed by atoms with Crippen LogP contribution in [0, 0.1) is 5.92 Å². The van der Waals surface area contributed by atoms with Crippen molar-refractivity contribution in [2.24, 2.45) is 5.92 Å². The number of carbonyl (C=O) groups excluding carboxylic acids is 1. The van der Waals surface area contributed by atoms with Gasteiger partial charge in [-0.2, -0.15) is 0 Å². The summed E-state index contributed by atoms with van der Waals surface area (Å²) < 4.78 is 0. The molecule has 1 unspecified atom stereocenters. The first-order chi connectivity index (χ1) is 10.1. The van der Waals surface area contributed by atoms with E-state index >= 15 is 0 Å². The average molecular weight is 292 g/mol. The third-order valence-electron chi connectivity index (χ3n) is 3.66. The number of aromatic hydroxyl groups is 1. The van der Waals surface area contributed by atoms with Gasteiger partial charge in [0, 0.05) is 13.0 Å². The molecule has 1 aromatic carbocycles. The Labute approximate surface area is 123 Å². The average Bonchev–Trinajstić information content (AvgIpc) is 2.49. The maximum Gasteiger partial charge on any atom is 0.326 e. The molecule has 1 saturated heterocycles. The number of rotatable bonds is 5. The van der Waals surface area contributed by atoms with Gasteiger partial charge >= 0.3 is 5.97 Å². The molecule has 1 aliphatic heterocycles. The number of carbonyl (C=O) groups is 2. The predicted molar refractivity (Wildman–Crippen MR) is 77.0 cm³/mol. The second-order valence-corrected chi connectivity index (χ2v) is 5.31. The van der Waals surface area contributed by atoms with E-state index in [0.717, 1.165) is 24.9 Å². The lowest BCUT2D eigenvalue weighted by molar-refractivity contribution is -0.142. The van der Waals surface area contributed by atoms with E-state index in [9.17, 15) is 19.8 Å². The number of hydrogen-bond acceptors (Lipinski definition) is 4. The largest absolute Gasteiger partial charge is 0.508 e. The number of carboxylic acids is 1. The van der Waals surface area contributed by atoms with Gasteiger partial charge in [0.15, 0.2) is 0 Å². The summed E-state index contributed by atoms with van der Waals surface area (Å²) in [6.07, 6.45) is 1.90. The molecule has 0 bridgehead atoms. The van der Waals surface area contributed by atoms with Crippen LogP contribution in [0.1, 0.15) is 18.4 Å². The van der Waals surface area contributed by atoms with Crippen molar-refractivity contribution >= 4 is 11.9 Å². The molecule has 114 valence electrons. The molecule has 1 fully saturated rings. The van der Waals surface area contributed by atoms with Crippen LogP contribution < -0.4 is 10.6 Å². The lowest BCUT2D eigenvalue weighted by Gasteiger charge is -2.24. The van der Waals surface area contributed by atoms with E-state index in [2.05, 4.69) is 10.6 Å². The van der Waals surface area contributed by atoms with Crippen LogP contribution in [0.4, 0.5) is 0 Å². The van der Waals surface area contributed by atoms with E-state index in [4.69, 9.17) is 0 Å². The van der Waals surface area contributed by atoms with E-state index in [-0.39, 0.29) is 24.0 Å². The molecule has 6 nitrogen and oxygen atoms in total. The van der Waals surface area contributed by atoms with Crippen molar-refractivity contribution in [2.45, 2.75) is 25.3 Å². The molecular weight excluding hydrogens is 272 g/mol. The summed E-state index contributed by atoms with van der Waals surface area (Å²) >= 11 is 0. The van der Waals surface area contributed by atoms with Gasteiger partial charge < -0.3 is 20.8 Å². The molecule has 0 spiro atoms. The van der Waals surface area contributed by atoms with Crippen molar-refractivity contribution < 1.29 is 19.8 Å². The number of aliphatic carboxylic acids is 1. The number of nitrogens with one attached hydrogen (secondary N) is 2. The molecule has 4 N–H and O–H groups in total. The Kier molecular flexibility index (Phi) is 5.16. The molecule has 6 heteroatoms. The number of amides is 1. The van der Waals surface area contributed by atoms with E-state index < -0.39 is 12.0 Å². The molecule has 1 aromatic rings. The van der Waals surface area contributed by atoms with Crippen LogP contribution in [0.2, 0.25) is 0 Å². The molecule has 1 aliphatic rings. The van der Waals surface area contributed by atoms with Gasteiger partial charge in [-0.25, -0.2) is 4.79 Å². The number of carboxylic acid groups (broad SMARTS) is 1. The first kappa shape index (κ1) is 15.3. The quantitative estimate of drug-likeness (QED) is 0.633. The highest BCUT2D eigenvalue weighted by atomic mass is 16.4. The maximum absolute atomic E-state index is 12.1. The molecule has 1 amide bonds. The molecule has 0 saturated carbocycles. The number of piperidine rings is 1. The molecule has 0 aliphatic carbocycles. The molecular formula is C15H20N2O4. The van der Waals surface area contributed by atoms with Gasteiger partial charge in [-0.3, -0.25) is 4.79 Å². The molecule has 2 atom stereocenters. The topological polar surface area (TPSA) is 98.7 Å². The number of phenolic OH excluding ortho intramolecular Hbond substituents is 1. The third-order valence-corrected chi connectivity index (χ3v) is 3.66. The number of benzene rings is 1. The molecule has 2 rings (SSSR count). The van der Waals surface area contributed by atoms with Gasteiger partial charge in [0.1, 0.15) is 11.8 Å². The first-order valence-corrected chi connectivity index (χ1v) is 7.08. The van der Waals surface area contributed by atoms with Crippen LogP contribution in [0.5, 0.6) is 5.75 Å². The van der Waals surface area contributed by atoms with E-state index in [0.29, 0.717) is 6.54 Å². The smallest absolute Gasteiger partial charge is 0.326 e.